The molecule has 0 radical (unpaired) electrons. The molecule has 0 heterocycles. The van der Waals surface area contributed by atoms with Gasteiger partial charge in [0.2, 0.25) is 0 Å². The number of phenols is 1. The van der Waals surface area contributed by atoms with Crippen molar-refractivity contribution < 1.29 is 19.4 Å². The summed E-state index contributed by atoms with van der Waals surface area (Å²) in [6.07, 6.45) is 1.33. The summed E-state index contributed by atoms with van der Waals surface area (Å²) in [4.78, 5) is 11.9. The monoisotopic (exact) mass is 626 g/mol. The van der Waals surface area contributed by atoms with Gasteiger partial charge in [-0.25, -0.2) is 5.43 Å². The highest BCUT2D eigenvalue weighted by molar-refractivity contribution is 9.11. The molecule has 0 spiro atoms. The predicted octanol–water partition coefficient (Wildman–Crippen LogP) is 5.37. The molecule has 0 atom stereocenters. The van der Waals surface area contributed by atoms with Gasteiger partial charge >= 0.3 is 0 Å². The molecule has 2 aromatic carbocycles. The van der Waals surface area contributed by atoms with Gasteiger partial charge in [-0.15, -0.1) is 0 Å². The molecule has 2 aromatic rings. The highest BCUT2D eigenvalue weighted by atomic mass is 79.9. The van der Waals surface area contributed by atoms with Gasteiger partial charge in [0.1, 0.15) is 5.75 Å². The maximum Gasteiger partial charge on any atom is 0.277 e. The highest BCUT2D eigenvalue weighted by Crippen LogP contribution is 2.36. The van der Waals surface area contributed by atoms with Gasteiger partial charge in [-0.3, -0.25) is 4.79 Å². The fourth-order valence-corrected chi connectivity index (χ4v) is 4.91. The second kappa shape index (κ2) is 10.4. The van der Waals surface area contributed by atoms with E-state index in [4.69, 9.17) is 9.47 Å². The minimum absolute atomic E-state index is 0.0583. The molecular weight excluding hydrogens is 616 g/mol. The van der Waals surface area contributed by atoms with Gasteiger partial charge < -0.3 is 14.6 Å². The number of hydrogen-bond donors (Lipinski definition) is 2. The van der Waals surface area contributed by atoms with Gasteiger partial charge in [0.05, 0.1) is 21.8 Å². The fourth-order valence-electron chi connectivity index (χ4n) is 1.97. The normalized spacial score (nSPS) is 10.9. The third-order valence-corrected chi connectivity index (χ3v) is 5.17. The van der Waals surface area contributed by atoms with Crippen LogP contribution in [0.1, 0.15) is 12.5 Å². The number of hydrazone groups is 1. The first-order chi connectivity index (χ1) is 12.8. The van der Waals surface area contributed by atoms with E-state index in [9.17, 15) is 9.90 Å². The number of hydrogen-bond acceptors (Lipinski definition) is 5. The zero-order chi connectivity index (χ0) is 20.0. The largest absolute Gasteiger partial charge is 0.504 e. The van der Waals surface area contributed by atoms with Crippen LogP contribution in [0.2, 0.25) is 0 Å². The quantitative estimate of drug-likeness (QED) is 0.319. The first kappa shape index (κ1) is 22.2. The van der Waals surface area contributed by atoms with E-state index < -0.39 is 5.91 Å². The number of amides is 1. The Morgan fingerprint density at radius 3 is 2.37 bits per heavy atom. The van der Waals surface area contributed by atoms with Crippen LogP contribution in [0, 0.1) is 0 Å². The summed E-state index contributed by atoms with van der Waals surface area (Å²) in [5.41, 5.74) is 2.74. The lowest BCUT2D eigenvalue weighted by molar-refractivity contribution is -0.123. The number of nitrogens with one attached hydrogen (secondary N) is 1. The number of ether oxygens (including phenoxy) is 2. The van der Waals surface area contributed by atoms with Crippen molar-refractivity contribution in [1.82, 2.24) is 5.43 Å². The van der Waals surface area contributed by atoms with Crippen LogP contribution in [0.25, 0.3) is 0 Å². The zero-order valence-corrected chi connectivity index (χ0v) is 20.3. The molecule has 0 unspecified atom stereocenters. The molecule has 144 valence electrons. The summed E-state index contributed by atoms with van der Waals surface area (Å²) in [5.74, 6) is 0.320. The van der Waals surface area contributed by atoms with Crippen molar-refractivity contribution in [3.05, 3.63) is 47.7 Å². The molecule has 2 N–H and O–H groups in total. The van der Waals surface area contributed by atoms with E-state index in [-0.39, 0.29) is 12.4 Å². The van der Waals surface area contributed by atoms with Crippen molar-refractivity contribution >= 4 is 75.8 Å². The zero-order valence-electron chi connectivity index (χ0n) is 13.9. The second-order valence-corrected chi connectivity index (χ2v) is 8.60. The average Bonchev–Trinajstić information content (AvgIpc) is 2.58. The summed E-state index contributed by atoms with van der Waals surface area (Å²) in [6, 6.07) is 6.92. The van der Waals surface area contributed by atoms with E-state index in [1.54, 1.807) is 12.1 Å². The molecule has 0 aliphatic rings. The SMILES string of the molecule is CCOc1cc(Br)cc(/C=N/NC(=O)COc2c(Br)cc(Br)cc2Br)c1O. The van der Waals surface area contributed by atoms with Crippen molar-refractivity contribution in [3.63, 3.8) is 0 Å². The molecule has 0 saturated carbocycles. The second-order valence-electron chi connectivity index (χ2n) is 5.06. The van der Waals surface area contributed by atoms with Gasteiger partial charge in [0, 0.05) is 14.5 Å². The molecule has 2 rings (SSSR count). The first-order valence-electron chi connectivity index (χ1n) is 7.56. The summed E-state index contributed by atoms with van der Waals surface area (Å²) < 4.78 is 13.8. The molecule has 6 nitrogen and oxygen atoms in total. The Morgan fingerprint density at radius 1 is 1.11 bits per heavy atom. The van der Waals surface area contributed by atoms with Crippen molar-refractivity contribution in [2.75, 3.05) is 13.2 Å². The molecule has 27 heavy (non-hydrogen) atoms. The number of halogens is 4. The van der Waals surface area contributed by atoms with Crippen LogP contribution >= 0.6 is 63.7 Å². The van der Waals surface area contributed by atoms with Crippen LogP contribution in [-0.4, -0.2) is 30.4 Å². The lowest BCUT2D eigenvalue weighted by Crippen LogP contribution is -2.24. The summed E-state index contributed by atoms with van der Waals surface area (Å²) in [6.45, 7) is 2.00. The van der Waals surface area contributed by atoms with E-state index in [0.29, 0.717) is 37.1 Å². The van der Waals surface area contributed by atoms with Crippen molar-refractivity contribution in [2.24, 2.45) is 5.10 Å². The Labute approximate surface area is 189 Å². The smallest absolute Gasteiger partial charge is 0.277 e. The van der Waals surface area contributed by atoms with E-state index in [0.717, 1.165) is 4.47 Å². The molecule has 0 aliphatic carbocycles. The standard InChI is InChI=1S/C17H14Br4N2O4/c1-2-26-14-6-10(18)3-9(16(14)25)7-22-23-15(24)8-27-17-12(20)4-11(19)5-13(17)21/h3-7,25H,2,8H2,1H3,(H,23,24)/b22-7+. The maximum atomic E-state index is 11.9. The number of benzene rings is 2. The molecule has 0 bridgehead atoms. The number of carbonyl (C=O) groups is 1. The molecular formula is C17H14Br4N2O4. The molecule has 0 saturated heterocycles. The predicted molar refractivity (Wildman–Crippen MR) is 118 cm³/mol. The van der Waals surface area contributed by atoms with Crippen LogP contribution in [0.3, 0.4) is 0 Å². The Kier molecular flexibility index (Phi) is 8.59. The van der Waals surface area contributed by atoms with Gasteiger partial charge in [0.15, 0.2) is 18.1 Å². The average molecular weight is 630 g/mol. The Bertz CT molecular complexity index is 851. The lowest BCUT2D eigenvalue weighted by atomic mass is 10.2. The maximum absolute atomic E-state index is 11.9. The van der Waals surface area contributed by atoms with Gasteiger partial charge in [-0.05, 0) is 63.0 Å². The van der Waals surface area contributed by atoms with Crippen LogP contribution in [0.4, 0.5) is 0 Å². The topological polar surface area (TPSA) is 80.2 Å². The first-order valence-corrected chi connectivity index (χ1v) is 10.7. The van der Waals surface area contributed by atoms with Crippen molar-refractivity contribution in [2.45, 2.75) is 6.92 Å². The van der Waals surface area contributed by atoms with Gasteiger partial charge in [0.25, 0.3) is 5.91 Å². The summed E-state index contributed by atoms with van der Waals surface area (Å²) >= 11 is 13.4. The van der Waals surface area contributed by atoms with E-state index >= 15 is 0 Å². The number of carbonyl (C=O) groups excluding carboxylic acids is 1. The molecule has 10 heteroatoms. The number of phenolic OH excluding ortho intramolecular Hbond substituents is 1. The van der Waals surface area contributed by atoms with Gasteiger partial charge in [-0.2, -0.15) is 5.10 Å². The van der Waals surface area contributed by atoms with Crippen molar-refractivity contribution in [1.29, 1.82) is 0 Å². The summed E-state index contributed by atoms with van der Waals surface area (Å²) in [7, 11) is 0. The number of nitrogens with zero attached hydrogens (tertiary/aromatic N) is 1. The van der Waals surface area contributed by atoms with E-state index in [1.807, 2.05) is 19.1 Å². The summed E-state index contributed by atoms with van der Waals surface area (Å²) in [5, 5.41) is 14.0. The van der Waals surface area contributed by atoms with Crippen molar-refractivity contribution in [3.8, 4) is 17.2 Å². The molecule has 0 aliphatic heterocycles. The van der Waals surface area contributed by atoms with Crippen LogP contribution in [-0.2, 0) is 4.79 Å². The number of rotatable bonds is 7. The minimum atomic E-state index is -0.451. The third kappa shape index (κ3) is 6.48. The lowest BCUT2D eigenvalue weighted by Gasteiger charge is -2.10. The Balaban J connectivity index is 1.98. The fraction of sp³-hybridized carbons (Fsp3) is 0.176. The van der Waals surface area contributed by atoms with Crippen LogP contribution in [0.15, 0.2) is 47.3 Å². The van der Waals surface area contributed by atoms with E-state index in [1.165, 1.54) is 6.21 Å². The van der Waals surface area contributed by atoms with E-state index in [2.05, 4.69) is 74.2 Å². The molecule has 0 aromatic heterocycles. The Morgan fingerprint density at radius 2 is 1.74 bits per heavy atom. The van der Waals surface area contributed by atoms with Crippen LogP contribution in [0.5, 0.6) is 17.2 Å². The highest BCUT2D eigenvalue weighted by Gasteiger charge is 2.11. The molecule has 1 amide bonds. The van der Waals surface area contributed by atoms with Crippen LogP contribution < -0.4 is 14.9 Å². The Hall–Kier alpha value is -1.10. The minimum Gasteiger partial charge on any atom is -0.504 e. The third-order valence-electron chi connectivity index (χ3n) is 3.07. The van der Waals surface area contributed by atoms with Gasteiger partial charge in [-0.1, -0.05) is 31.9 Å². The molecule has 0 fully saturated rings. The number of aromatic hydroxyl groups is 1.